The number of carbonyl (C=O) groups is 1. The Morgan fingerprint density at radius 1 is 0.889 bits per heavy atom. The maximum Gasteiger partial charge on any atom is 0.310 e. The van der Waals surface area contributed by atoms with Gasteiger partial charge in [-0.25, -0.2) is 13.2 Å². The average Bonchev–Trinajstić information content (AvgIpc) is 2.67. The third kappa shape index (κ3) is 8.26. The van der Waals surface area contributed by atoms with E-state index >= 15 is 0 Å². The standard InChI is InChI=1S/C15H11F3O2.C6H15N/c16-12-6-11(7-13(17)15(12)18)8-14(19)20-9-10-4-2-1-3-5-10;1-4-7(5-2)6-3/h1-7H,8-9H2;4-6H2,1-3H3. The van der Waals surface area contributed by atoms with E-state index in [1.54, 1.807) is 24.3 Å². The first-order valence-corrected chi connectivity index (χ1v) is 8.96. The van der Waals surface area contributed by atoms with Crippen LogP contribution >= 0.6 is 0 Å². The van der Waals surface area contributed by atoms with Crippen LogP contribution in [-0.4, -0.2) is 30.5 Å². The van der Waals surface area contributed by atoms with Crippen LogP contribution in [0.1, 0.15) is 31.9 Å². The van der Waals surface area contributed by atoms with Gasteiger partial charge in [0, 0.05) is 0 Å². The molecular weight excluding hydrogens is 355 g/mol. The Kier molecular flexibility index (Phi) is 10.2. The molecule has 0 amide bonds. The molecule has 0 atom stereocenters. The maximum atomic E-state index is 13.0. The fraction of sp³-hybridized carbons (Fsp3) is 0.381. The Hall–Kier alpha value is -2.34. The molecule has 0 N–H and O–H groups in total. The molecule has 6 heteroatoms. The Balaban J connectivity index is 0.000000445. The van der Waals surface area contributed by atoms with E-state index in [-0.39, 0.29) is 18.6 Å². The van der Waals surface area contributed by atoms with Gasteiger partial charge in [-0.1, -0.05) is 51.1 Å². The van der Waals surface area contributed by atoms with Crippen molar-refractivity contribution in [1.82, 2.24) is 4.90 Å². The summed E-state index contributed by atoms with van der Waals surface area (Å²) < 4.78 is 43.7. The lowest BCUT2D eigenvalue weighted by Gasteiger charge is -2.13. The molecule has 0 aliphatic carbocycles. The number of esters is 1. The van der Waals surface area contributed by atoms with Crippen molar-refractivity contribution >= 4 is 5.97 Å². The second-order valence-electron chi connectivity index (χ2n) is 5.82. The maximum absolute atomic E-state index is 13.0. The van der Waals surface area contributed by atoms with Crippen molar-refractivity contribution in [2.45, 2.75) is 33.8 Å². The summed E-state index contributed by atoms with van der Waals surface area (Å²) in [6, 6.07) is 10.6. The Morgan fingerprint density at radius 3 is 1.85 bits per heavy atom. The van der Waals surface area contributed by atoms with Gasteiger partial charge in [0.05, 0.1) is 6.42 Å². The smallest absolute Gasteiger partial charge is 0.310 e. The molecule has 0 bridgehead atoms. The number of halogens is 3. The molecule has 148 valence electrons. The molecule has 0 saturated heterocycles. The van der Waals surface area contributed by atoms with Gasteiger partial charge in [-0.3, -0.25) is 4.79 Å². The average molecular weight is 381 g/mol. The van der Waals surface area contributed by atoms with Crippen LogP contribution < -0.4 is 0 Å². The van der Waals surface area contributed by atoms with Crippen LogP contribution in [-0.2, 0) is 22.6 Å². The topological polar surface area (TPSA) is 29.5 Å². The number of rotatable bonds is 7. The SMILES string of the molecule is CCN(CC)CC.O=C(Cc1cc(F)c(F)c(F)c1)OCc1ccccc1. The molecule has 0 aliphatic rings. The molecule has 2 aromatic carbocycles. The normalized spacial score (nSPS) is 10.3. The number of ether oxygens (including phenoxy) is 1. The minimum Gasteiger partial charge on any atom is -0.461 e. The number of benzene rings is 2. The first-order chi connectivity index (χ1) is 12.9. The van der Waals surface area contributed by atoms with Crippen molar-refractivity contribution in [1.29, 1.82) is 0 Å². The van der Waals surface area contributed by atoms with E-state index < -0.39 is 23.4 Å². The van der Waals surface area contributed by atoms with Crippen molar-refractivity contribution < 1.29 is 22.7 Å². The third-order valence-electron chi connectivity index (χ3n) is 3.98. The van der Waals surface area contributed by atoms with Gasteiger partial charge in [0.15, 0.2) is 17.5 Å². The number of nitrogens with zero attached hydrogens (tertiary/aromatic N) is 1. The summed E-state index contributed by atoms with van der Waals surface area (Å²) in [5, 5.41) is 0. The zero-order valence-corrected chi connectivity index (χ0v) is 16.0. The lowest BCUT2D eigenvalue weighted by Crippen LogP contribution is -2.21. The molecule has 2 aromatic rings. The van der Waals surface area contributed by atoms with Gasteiger partial charge in [0.1, 0.15) is 6.61 Å². The summed E-state index contributed by atoms with van der Waals surface area (Å²) in [7, 11) is 0. The van der Waals surface area contributed by atoms with Crippen molar-refractivity contribution in [3.05, 3.63) is 71.0 Å². The Labute approximate surface area is 158 Å². The first-order valence-electron chi connectivity index (χ1n) is 8.96. The van der Waals surface area contributed by atoms with E-state index in [4.69, 9.17) is 4.74 Å². The van der Waals surface area contributed by atoms with Crippen LogP contribution in [0.3, 0.4) is 0 Å². The van der Waals surface area contributed by atoms with Crippen molar-refractivity contribution in [3.63, 3.8) is 0 Å². The summed E-state index contributed by atoms with van der Waals surface area (Å²) in [6.07, 6.45) is -0.318. The highest BCUT2D eigenvalue weighted by molar-refractivity contribution is 5.72. The second kappa shape index (κ2) is 12.1. The summed E-state index contributed by atoms with van der Waals surface area (Å²) in [6.45, 7) is 10.2. The van der Waals surface area contributed by atoms with Crippen LogP contribution in [0.5, 0.6) is 0 Å². The van der Waals surface area contributed by atoms with E-state index in [1.165, 1.54) is 19.6 Å². The number of hydrogen-bond donors (Lipinski definition) is 0. The predicted octanol–water partition coefficient (Wildman–Crippen LogP) is 4.74. The lowest BCUT2D eigenvalue weighted by atomic mass is 10.1. The van der Waals surface area contributed by atoms with Gasteiger partial charge in [0.25, 0.3) is 0 Å². The van der Waals surface area contributed by atoms with Crippen LogP contribution in [0.4, 0.5) is 13.2 Å². The van der Waals surface area contributed by atoms with Gasteiger partial charge in [-0.2, -0.15) is 0 Å². The molecule has 2 rings (SSSR count). The fourth-order valence-corrected chi connectivity index (χ4v) is 2.34. The van der Waals surface area contributed by atoms with E-state index in [0.717, 1.165) is 17.7 Å². The van der Waals surface area contributed by atoms with Gasteiger partial charge >= 0.3 is 5.97 Å². The first kappa shape index (κ1) is 22.7. The number of hydrogen-bond acceptors (Lipinski definition) is 3. The van der Waals surface area contributed by atoms with Crippen LogP contribution in [0.15, 0.2) is 42.5 Å². The van der Waals surface area contributed by atoms with Crippen molar-refractivity contribution in [2.24, 2.45) is 0 Å². The molecule has 27 heavy (non-hydrogen) atoms. The molecule has 0 radical (unpaired) electrons. The van der Waals surface area contributed by atoms with E-state index in [9.17, 15) is 18.0 Å². The zero-order valence-electron chi connectivity index (χ0n) is 16.0. The minimum absolute atomic E-state index is 0.0273. The van der Waals surface area contributed by atoms with Gasteiger partial charge in [-0.05, 0) is 42.9 Å². The molecule has 0 heterocycles. The second-order valence-corrected chi connectivity index (χ2v) is 5.82. The highest BCUT2D eigenvalue weighted by Gasteiger charge is 2.13. The minimum atomic E-state index is -1.55. The van der Waals surface area contributed by atoms with E-state index in [1.807, 2.05) is 6.07 Å². The third-order valence-corrected chi connectivity index (χ3v) is 3.98. The fourth-order valence-electron chi connectivity index (χ4n) is 2.34. The van der Waals surface area contributed by atoms with E-state index in [0.29, 0.717) is 0 Å². The lowest BCUT2D eigenvalue weighted by molar-refractivity contribution is -0.144. The largest absolute Gasteiger partial charge is 0.461 e. The zero-order chi connectivity index (χ0) is 20.2. The van der Waals surface area contributed by atoms with Crippen LogP contribution in [0.2, 0.25) is 0 Å². The van der Waals surface area contributed by atoms with Gasteiger partial charge in [-0.15, -0.1) is 0 Å². The molecule has 0 fully saturated rings. The molecule has 3 nitrogen and oxygen atoms in total. The molecule has 0 aromatic heterocycles. The van der Waals surface area contributed by atoms with Crippen LogP contribution in [0.25, 0.3) is 0 Å². The molecule has 0 saturated carbocycles. The van der Waals surface area contributed by atoms with Crippen LogP contribution in [0, 0.1) is 17.5 Å². The molecule has 0 spiro atoms. The van der Waals surface area contributed by atoms with Crippen molar-refractivity contribution in [3.8, 4) is 0 Å². The Morgan fingerprint density at radius 2 is 1.41 bits per heavy atom. The quantitative estimate of drug-likeness (QED) is 0.513. The summed E-state index contributed by atoms with van der Waals surface area (Å²) in [5.41, 5.74) is 0.830. The predicted molar refractivity (Wildman–Crippen MR) is 99.7 cm³/mol. The van der Waals surface area contributed by atoms with Crippen molar-refractivity contribution in [2.75, 3.05) is 19.6 Å². The summed E-state index contributed by atoms with van der Waals surface area (Å²) >= 11 is 0. The molecule has 0 aliphatic heterocycles. The highest BCUT2D eigenvalue weighted by atomic mass is 19.2. The van der Waals surface area contributed by atoms with Gasteiger partial charge in [0.2, 0.25) is 0 Å². The molecular formula is C21H26F3NO2. The summed E-state index contributed by atoms with van der Waals surface area (Å²) in [4.78, 5) is 13.9. The van der Waals surface area contributed by atoms with E-state index in [2.05, 4.69) is 25.7 Å². The monoisotopic (exact) mass is 381 g/mol. The molecule has 0 unspecified atom stereocenters. The highest BCUT2D eigenvalue weighted by Crippen LogP contribution is 2.14. The Bertz CT molecular complexity index is 675. The number of carbonyl (C=O) groups excluding carboxylic acids is 1. The summed E-state index contributed by atoms with van der Waals surface area (Å²) in [5.74, 6) is -4.84. The van der Waals surface area contributed by atoms with Gasteiger partial charge < -0.3 is 9.64 Å².